The molecule has 1 aliphatic heterocycles. The van der Waals surface area contributed by atoms with Gasteiger partial charge in [-0.05, 0) is 32.9 Å². The quantitative estimate of drug-likeness (QED) is 0.769. The van der Waals surface area contributed by atoms with Crippen LogP contribution in [0.5, 0.6) is 0 Å². The molecular formula is C18H24O7. The number of hydrogen-bond donors (Lipinski definition) is 2. The molecule has 25 heavy (non-hydrogen) atoms. The highest BCUT2D eigenvalue weighted by Gasteiger charge is 2.42. The molecule has 2 rings (SSSR count). The number of benzene rings is 1. The van der Waals surface area contributed by atoms with Crippen molar-refractivity contribution in [2.24, 2.45) is 5.41 Å². The molecule has 7 heteroatoms. The van der Waals surface area contributed by atoms with E-state index in [2.05, 4.69) is 0 Å². The molecule has 0 amide bonds. The zero-order chi connectivity index (χ0) is 18.6. The maximum Gasteiger partial charge on any atom is 0.338 e. The van der Waals surface area contributed by atoms with Gasteiger partial charge in [-0.15, -0.1) is 0 Å². The molecule has 0 radical (unpaired) electrons. The summed E-state index contributed by atoms with van der Waals surface area (Å²) in [6.45, 7) is 4.78. The summed E-state index contributed by atoms with van der Waals surface area (Å²) < 4.78 is 15.6. The largest absolute Gasteiger partial charge is 0.462 e. The molecule has 1 heterocycles. The summed E-state index contributed by atoms with van der Waals surface area (Å²) in [5.74, 6) is -1.05. The highest BCUT2D eigenvalue weighted by Crippen LogP contribution is 2.26. The van der Waals surface area contributed by atoms with Crippen molar-refractivity contribution in [1.82, 2.24) is 0 Å². The summed E-state index contributed by atoms with van der Waals surface area (Å²) in [5, 5.41) is 19.9. The van der Waals surface area contributed by atoms with Crippen molar-refractivity contribution in [2.45, 2.75) is 51.8 Å². The lowest BCUT2D eigenvalue weighted by molar-refractivity contribution is -0.166. The topological polar surface area (TPSA) is 102 Å². The van der Waals surface area contributed by atoms with Gasteiger partial charge in [-0.3, -0.25) is 4.79 Å². The molecule has 1 aromatic carbocycles. The van der Waals surface area contributed by atoms with E-state index in [9.17, 15) is 19.8 Å². The van der Waals surface area contributed by atoms with Crippen LogP contribution in [0.15, 0.2) is 30.3 Å². The Morgan fingerprint density at radius 2 is 1.92 bits per heavy atom. The summed E-state index contributed by atoms with van der Waals surface area (Å²) in [4.78, 5) is 23.9. The number of ether oxygens (including phenoxy) is 3. The van der Waals surface area contributed by atoms with Crippen molar-refractivity contribution in [1.29, 1.82) is 0 Å². The lowest BCUT2D eigenvalue weighted by atomic mass is 9.97. The van der Waals surface area contributed by atoms with Crippen LogP contribution in [0, 0.1) is 5.41 Å². The first kappa shape index (κ1) is 19.4. The van der Waals surface area contributed by atoms with Crippen LogP contribution in [-0.2, 0) is 19.0 Å². The molecule has 1 aliphatic rings. The molecule has 138 valence electrons. The van der Waals surface area contributed by atoms with Crippen molar-refractivity contribution in [3.63, 3.8) is 0 Å². The molecule has 2 N–H and O–H groups in total. The fourth-order valence-corrected chi connectivity index (χ4v) is 2.36. The number of carbonyl (C=O) groups is 2. The molecule has 0 spiro atoms. The molecule has 1 fully saturated rings. The van der Waals surface area contributed by atoms with E-state index in [1.54, 1.807) is 51.1 Å². The van der Waals surface area contributed by atoms with Gasteiger partial charge in [-0.1, -0.05) is 18.2 Å². The Morgan fingerprint density at radius 3 is 2.52 bits per heavy atom. The minimum Gasteiger partial charge on any atom is -0.462 e. The van der Waals surface area contributed by atoms with E-state index in [1.807, 2.05) is 0 Å². The highest BCUT2D eigenvalue weighted by molar-refractivity contribution is 5.89. The minimum absolute atomic E-state index is 0.0352. The van der Waals surface area contributed by atoms with Gasteiger partial charge in [0, 0.05) is 6.42 Å². The fourth-order valence-electron chi connectivity index (χ4n) is 2.36. The van der Waals surface area contributed by atoms with Gasteiger partial charge in [0.25, 0.3) is 0 Å². The van der Waals surface area contributed by atoms with Crippen molar-refractivity contribution >= 4 is 11.9 Å². The minimum atomic E-state index is -1.22. The molecule has 0 saturated carbocycles. The van der Waals surface area contributed by atoms with E-state index < -0.39 is 42.0 Å². The van der Waals surface area contributed by atoms with E-state index in [0.717, 1.165) is 0 Å². The number of aliphatic hydroxyl groups excluding tert-OH is 2. The summed E-state index contributed by atoms with van der Waals surface area (Å²) in [7, 11) is 0. The van der Waals surface area contributed by atoms with E-state index >= 15 is 0 Å². The molecule has 0 aromatic heterocycles. The van der Waals surface area contributed by atoms with Crippen LogP contribution in [0.1, 0.15) is 37.6 Å². The Labute approximate surface area is 146 Å². The van der Waals surface area contributed by atoms with Crippen LogP contribution < -0.4 is 0 Å². The van der Waals surface area contributed by atoms with Gasteiger partial charge in [0.05, 0.1) is 11.0 Å². The summed E-state index contributed by atoms with van der Waals surface area (Å²) in [5.41, 5.74) is -0.342. The molecule has 1 aromatic rings. The first-order chi connectivity index (χ1) is 11.7. The van der Waals surface area contributed by atoms with Gasteiger partial charge < -0.3 is 24.4 Å². The molecule has 4 atom stereocenters. The van der Waals surface area contributed by atoms with Crippen LogP contribution in [0.3, 0.4) is 0 Å². The number of aliphatic hydroxyl groups is 2. The average molecular weight is 352 g/mol. The van der Waals surface area contributed by atoms with Gasteiger partial charge in [0.1, 0.15) is 24.9 Å². The van der Waals surface area contributed by atoms with Crippen molar-refractivity contribution in [3.8, 4) is 0 Å². The maximum atomic E-state index is 12.1. The zero-order valence-electron chi connectivity index (χ0n) is 14.5. The smallest absolute Gasteiger partial charge is 0.338 e. The lowest BCUT2D eigenvalue weighted by Crippen LogP contribution is -2.41. The van der Waals surface area contributed by atoms with Crippen molar-refractivity contribution < 1.29 is 34.0 Å². The molecule has 0 unspecified atom stereocenters. The summed E-state index contributed by atoms with van der Waals surface area (Å²) in [6, 6.07) is 8.38. The molecule has 0 aliphatic carbocycles. The van der Waals surface area contributed by atoms with Crippen LogP contribution in [-0.4, -0.2) is 53.4 Å². The Bertz CT molecular complexity index is 593. The van der Waals surface area contributed by atoms with Crippen molar-refractivity contribution in [2.75, 3.05) is 6.61 Å². The first-order valence-electron chi connectivity index (χ1n) is 8.13. The molecule has 7 nitrogen and oxygen atoms in total. The second-order valence-electron chi connectivity index (χ2n) is 7.02. The molecule has 1 saturated heterocycles. The van der Waals surface area contributed by atoms with Gasteiger partial charge in [-0.2, -0.15) is 0 Å². The molecule has 0 bridgehead atoms. The van der Waals surface area contributed by atoms with E-state index in [0.29, 0.717) is 5.56 Å². The first-order valence-corrected chi connectivity index (χ1v) is 8.13. The SMILES string of the molecule is CC(C)(C)C(=O)OC[C@@H](O)[C@@H]1O[C@H](O)C[C@H]1OC(=O)c1ccccc1. The number of rotatable bonds is 5. The van der Waals surface area contributed by atoms with Gasteiger partial charge in [-0.25, -0.2) is 4.79 Å². The van der Waals surface area contributed by atoms with Gasteiger partial charge >= 0.3 is 11.9 Å². The third kappa shape index (κ3) is 5.26. The zero-order valence-corrected chi connectivity index (χ0v) is 14.5. The predicted molar refractivity (Wildman–Crippen MR) is 87.6 cm³/mol. The maximum absolute atomic E-state index is 12.1. The highest BCUT2D eigenvalue weighted by atomic mass is 16.7. The third-order valence-corrected chi connectivity index (χ3v) is 3.76. The lowest BCUT2D eigenvalue weighted by Gasteiger charge is -2.24. The Hall–Kier alpha value is -1.96. The Kier molecular flexibility index (Phi) is 6.16. The molecular weight excluding hydrogens is 328 g/mol. The van der Waals surface area contributed by atoms with Crippen LogP contribution >= 0.6 is 0 Å². The van der Waals surface area contributed by atoms with Crippen LogP contribution in [0.25, 0.3) is 0 Å². The normalized spacial score (nSPS) is 24.6. The standard InChI is InChI=1S/C18H24O7/c1-18(2,3)17(22)23-10-12(19)15-13(9-14(20)25-15)24-16(21)11-7-5-4-6-8-11/h4-8,12-15,19-20H,9-10H2,1-3H3/t12-,13-,14+,15+/m1/s1. The number of esters is 2. The predicted octanol–water partition coefficient (Wildman–Crippen LogP) is 1.27. The number of hydrogen-bond acceptors (Lipinski definition) is 7. The summed E-state index contributed by atoms with van der Waals surface area (Å²) >= 11 is 0. The Morgan fingerprint density at radius 1 is 1.28 bits per heavy atom. The monoisotopic (exact) mass is 352 g/mol. The van der Waals surface area contributed by atoms with Crippen molar-refractivity contribution in [3.05, 3.63) is 35.9 Å². The van der Waals surface area contributed by atoms with Gasteiger partial charge in [0.2, 0.25) is 0 Å². The average Bonchev–Trinajstić information content (AvgIpc) is 2.92. The second kappa shape index (κ2) is 7.95. The fraction of sp³-hybridized carbons (Fsp3) is 0.556. The second-order valence-corrected chi connectivity index (χ2v) is 7.02. The Balaban J connectivity index is 1.96. The van der Waals surface area contributed by atoms with Crippen LogP contribution in [0.2, 0.25) is 0 Å². The summed E-state index contributed by atoms with van der Waals surface area (Å²) in [6.07, 6.45) is -4.17. The van der Waals surface area contributed by atoms with E-state index in [-0.39, 0.29) is 13.0 Å². The van der Waals surface area contributed by atoms with Crippen LogP contribution in [0.4, 0.5) is 0 Å². The number of carbonyl (C=O) groups excluding carboxylic acids is 2. The van der Waals surface area contributed by atoms with E-state index in [4.69, 9.17) is 14.2 Å². The third-order valence-electron chi connectivity index (χ3n) is 3.76. The van der Waals surface area contributed by atoms with Gasteiger partial charge in [0.15, 0.2) is 6.29 Å². The van der Waals surface area contributed by atoms with E-state index in [1.165, 1.54) is 0 Å².